The third-order valence-corrected chi connectivity index (χ3v) is 5.45. The molecule has 2 fully saturated rings. The molecule has 2 aromatic heterocycles. The van der Waals surface area contributed by atoms with Crippen LogP contribution in [0.4, 0.5) is 5.82 Å². The molecule has 28 heavy (non-hydrogen) atoms. The Morgan fingerprint density at radius 1 is 1.36 bits per heavy atom. The van der Waals surface area contributed by atoms with Gasteiger partial charge in [-0.3, -0.25) is 9.48 Å². The fourth-order valence-electron chi connectivity index (χ4n) is 4.08. The molecule has 3 atom stereocenters. The molecule has 154 valence electrons. The van der Waals surface area contributed by atoms with Crippen molar-refractivity contribution in [2.45, 2.75) is 24.8 Å². The topological polar surface area (TPSA) is 88.0 Å². The number of amides is 1. The maximum atomic E-state index is 12.8. The predicted molar refractivity (Wildman–Crippen MR) is 112 cm³/mol. The van der Waals surface area contributed by atoms with Crippen molar-refractivity contribution in [3.8, 4) is 0 Å². The number of rotatable bonds is 5. The van der Waals surface area contributed by atoms with Crippen LogP contribution in [0.15, 0.2) is 30.7 Å². The molecule has 0 spiro atoms. The Balaban J connectivity index is 0.00000140. The smallest absolute Gasteiger partial charge is 0.225 e. The summed E-state index contributed by atoms with van der Waals surface area (Å²) in [4.78, 5) is 15.1. The van der Waals surface area contributed by atoms with Gasteiger partial charge in [-0.1, -0.05) is 0 Å². The fraction of sp³-hybridized carbons (Fsp3) is 0.556. The van der Waals surface area contributed by atoms with Gasteiger partial charge >= 0.3 is 0 Å². The average molecular weight is 428 g/mol. The molecule has 0 aliphatic carbocycles. The van der Waals surface area contributed by atoms with E-state index in [4.69, 9.17) is 0 Å². The monoisotopic (exact) mass is 427 g/mol. The summed E-state index contributed by atoms with van der Waals surface area (Å²) in [7, 11) is 1.90. The number of nitrogens with one attached hydrogen (secondary N) is 2. The van der Waals surface area contributed by atoms with Gasteiger partial charge in [-0.2, -0.15) is 10.2 Å². The van der Waals surface area contributed by atoms with Gasteiger partial charge < -0.3 is 15.5 Å². The number of aromatic nitrogens is 4. The Labute approximate surface area is 177 Å². The van der Waals surface area contributed by atoms with E-state index in [1.54, 1.807) is 10.9 Å². The molecule has 8 nitrogen and oxygen atoms in total. The summed E-state index contributed by atoms with van der Waals surface area (Å²) in [6.45, 7) is 3.14. The zero-order valence-electron chi connectivity index (χ0n) is 15.8. The highest BCUT2D eigenvalue weighted by atomic mass is 35.5. The molecule has 4 rings (SSSR count). The summed E-state index contributed by atoms with van der Waals surface area (Å²) in [6, 6.07) is 4.16. The molecule has 2 aliphatic heterocycles. The summed E-state index contributed by atoms with van der Waals surface area (Å²) in [6.07, 6.45) is 7.73. The van der Waals surface area contributed by atoms with Crippen molar-refractivity contribution in [1.29, 1.82) is 0 Å². The Morgan fingerprint density at radius 2 is 2.21 bits per heavy atom. The quantitative estimate of drug-likeness (QED) is 0.743. The van der Waals surface area contributed by atoms with Gasteiger partial charge in [0.2, 0.25) is 5.91 Å². The van der Waals surface area contributed by atoms with Crippen LogP contribution in [-0.4, -0.2) is 58.1 Å². The second kappa shape index (κ2) is 10.0. The summed E-state index contributed by atoms with van der Waals surface area (Å²) in [5, 5.41) is 19.0. The fourth-order valence-corrected chi connectivity index (χ4v) is 4.08. The highest BCUT2D eigenvalue weighted by Crippen LogP contribution is 2.28. The SMILES string of the molecule is Cl.Cl.Cn1cc([C@H]2CNC[C@@H]2C(=O)NCC2CCCN2c2cccnn2)cn1. The lowest BCUT2D eigenvalue weighted by atomic mass is 9.90. The first-order valence-electron chi connectivity index (χ1n) is 9.23. The number of carbonyl (C=O) groups excluding carboxylic acids is 1. The maximum Gasteiger partial charge on any atom is 0.225 e. The summed E-state index contributed by atoms with van der Waals surface area (Å²) in [5.41, 5.74) is 1.12. The molecule has 2 saturated heterocycles. The largest absolute Gasteiger partial charge is 0.354 e. The van der Waals surface area contributed by atoms with Crippen LogP contribution in [0, 0.1) is 5.92 Å². The highest BCUT2D eigenvalue weighted by Gasteiger charge is 2.35. The van der Waals surface area contributed by atoms with E-state index in [0.29, 0.717) is 13.1 Å². The van der Waals surface area contributed by atoms with Gasteiger partial charge in [-0.15, -0.1) is 29.9 Å². The standard InChI is InChI=1S/C18H25N7O.2ClH/c1-24-12-13(8-22-24)15-10-19-11-16(15)18(26)20-9-14-4-3-7-25(14)17-5-2-6-21-23-17;;/h2,5-6,8,12,14-16,19H,3-4,7,9-11H2,1H3,(H,20,26);2*1H/t14?,15-,16+;;/m1../s1. The van der Waals surface area contributed by atoms with Crippen molar-refractivity contribution in [2.75, 3.05) is 31.1 Å². The van der Waals surface area contributed by atoms with Gasteiger partial charge in [0.25, 0.3) is 0 Å². The van der Waals surface area contributed by atoms with Gasteiger partial charge in [-0.05, 0) is 30.5 Å². The second-order valence-electron chi connectivity index (χ2n) is 7.14. The lowest BCUT2D eigenvalue weighted by Crippen LogP contribution is -2.43. The van der Waals surface area contributed by atoms with Crippen molar-refractivity contribution in [3.63, 3.8) is 0 Å². The lowest BCUT2D eigenvalue weighted by Gasteiger charge is -2.26. The van der Waals surface area contributed by atoms with Gasteiger partial charge in [0.15, 0.2) is 5.82 Å². The normalized spacial score (nSPS) is 23.8. The second-order valence-corrected chi connectivity index (χ2v) is 7.14. The molecule has 0 aromatic carbocycles. The molecular formula is C18H27Cl2N7O. The molecule has 2 N–H and O–H groups in total. The van der Waals surface area contributed by atoms with E-state index < -0.39 is 0 Å². The zero-order valence-corrected chi connectivity index (χ0v) is 17.5. The molecule has 2 aliphatic rings. The third-order valence-electron chi connectivity index (χ3n) is 5.45. The first-order chi connectivity index (χ1) is 12.7. The Bertz CT molecular complexity index is 757. The predicted octanol–water partition coefficient (Wildman–Crippen LogP) is 1.14. The molecule has 1 amide bonds. The molecule has 10 heteroatoms. The van der Waals surface area contributed by atoms with Crippen molar-refractivity contribution in [2.24, 2.45) is 13.0 Å². The third kappa shape index (κ3) is 4.74. The minimum atomic E-state index is -0.0504. The molecular weight excluding hydrogens is 401 g/mol. The van der Waals surface area contributed by atoms with Crippen LogP contribution in [0.25, 0.3) is 0 Å². The Kier molecular flexibility index (Phi) is 8.03. The molecule has 0 saturated carbocycles. The van der Waals surface area contributed by atoms with Gasteiger partial charge in [-0.25, -0.2) is 0 Å². The number of halogens is 2. The van der Waals surface area contributed by atoms with Gasteiger partial charge in [0, 0.05) is 57.6 Å². The van der Waals surface area contributed by atoms with Crippen LogP contribution in [0.5, 0.6) is 0 Å². The van der Waals surface area contributed by atoms with Crippen molar-refractivity contribution < 1.29 is 4.79 Å². The van der Waals surface area contributed by atoms with E-state index in [0.717, 1.165) is 37.3 Å². The molecule has 0 radical (unpaired) electrons. The molecule has 4 heterocycles. The van der Waals surface area contributed by atoms with Crippen LogP contribution < -0.4 is 15.5 Å². The van der Waals surface area contributed by atoms with Crippen LogP contribution in [0.1, 0.15) is 24.3 Å². The maximum absolute atomic E-state index is 12.8. The number of nitrogens with zero attached hydrogens (tertiary/aromatic N) is 5. The van der Waals surface area contributed by atoms with E-state index in [2.05, 4.69) is 30.8 Å². The number of aryl methyl sites for hydroxylation is 1. The summed E-state index contributed by atoms with van der Waals surface area (Å²) in [5.74, 6) is 1.14. The molecule has 0 bridgehead atoms. The molecule has 2 aromatic rings. The minimum absolute atomic E-state index is 0. The Morgan fingerprint density at radius 3 is 2.93 bits per heavy atom. The van der Waals surface area contributed by atoms with Crippen molar-refractivity contribution in [3.05, 3.63) is 36.3 Å². The van der Waals surface area contributed by atoms with Crippen LogP contribution in [-0.2, 0) is 11.8 Å². The number of hydrogen-bond acceptors (Lipinski definition) is 6. The zero-order chi connectivity index (χ0) is 17.9. The van der Waals surface area contributed by atoms with E-state index in [9.17, 15) is 4.79 Å². The van der Waals surface area contributed by atoms with Crippen molar-refractivity contribution >= 4 is 36.5 Å². The van der Waals surface area contributed by atoms with E-state index in [-0.39, 0.29) is 48.6 Å². The number of hydrogen-bond donors (Lipinski definition) is 2. The van der Waals surface area contributed by atoms with Gasteiger partial charge in [0.1, 0.15) is 0 Å². The highest BCUT2D eigenvalue weighted by molar-refractivity contribution is 5.85. The minimum Gasteiger partial charge on any atom is -0.354 e. The van der Waals surface area contributed by atoms with E-state index in [1.807, 2.05) is 31.6 Å². The first-order valence-corrected chi connectivity index (χ1v) is 9.23. The Hall–Kier alpha value is -1.90. The van der Waals surface area contributed by atoms with Crippen molar-refractivity contribution in [1.82, 2.24) is 30.6 Å². The first kappa shape index (κ1) is 22.4. The van der Waals surface area contributed by atoms with E-state index >= 15 is 0 Å². The van der Waals surface area contributed by atoms with Crippen LogP contribution in [0.3, 0.4) is 0 Å². The van der Waals surface area contributed by atoms with E-state index in [1.165, 1.54) is 0 Å². The lowest BCUT2D eigenvalue weighted by molar-refractivity contribution is -0.124. The summed E-state index contributed by atoms with van der Waals surface area (Å²) >= 11 is 0. The van der Waals surface area contributed by atoms with Crippen LogP contribution in [0.2, 0.25) is 0 Å². The van der Waals surface area contributed by atoms with Gasteiger partial charge in [0.05, 0.1) is 12.1 Å². The van der Waals surface area contributed by atoms with Crippen LogP contribution >= 0.6 is 24.8 Å². The average Bonchev–Trinajstić information content (AvgIpc) is 3.40. The number of carbonyl (C=O) groups is 1. The summed E-state index contributed by atoms with van der Waals surface area (Å²) < 4.78 is 1.79. The number of anilines is 1. The molecule has 1 unspecified atom stereocenters.